The topological polar surface area (TPSA) is 115 Å². The molecule has 1 aromatic heterocycles. The second-order valence-electron chi connectivity index (χ2n) is 6.50. The standard InChI is InChI=1S/C19H22N2O5/c1-11(9-22)10-25-13-6-7-14-15(8-13)26-18(16(14)21-19(20)24)17(23)12-4-2-3-5-12/h6-8,12,22H,1-5,9-10H2,(H3,20,21,24). The molecule has 0 spiro atoms. The molecule has 3 rings (SSSR count). The Hall–Kier alpha value is -2.80. The molecule has 1 aliphatic rings. The Balaban J connectivity index is 1.95. The van der Waals surface area contributed by atoms with Crippen LogP contribution in [0.4, 0.5) is 10.5 Å². The molecule has 2 amide bonds. The smallest absolute Gasteiger partial charge is 0.316 e. The Bertz CT molecular complexity index is 849. The number of aliphatic hydroxyl groups is 1. The van der Waals surface area contributed by atoms with Gasteiger partial charge in [0.25, 0.3) is 0 Å². The van der Waals surface area contributed by atoms with Gasteiger partial charge in [-0.2, -0.15) is 0 Å². The number of furan rings is 1. The number of nitrogens with one attached hydrogen (secondary N) is 1. The molecule has 1 heterocycles. The number of carbonyl (C=O) groups is 2. The Morgan fingerprint density at radius 3 is 2.73 bits per heavy atom. The van der Waals surface area contributed by atoms with E-state index in [0.29, 0.717) is 28.0 Å². The molecule has 26 heavy (non-hydrogen) atoms. The fraction of sp³-hybridized carbons (Fsp3) is 0.368. The molecular formula is C19H22N2O5. The fourth-order valence-corrected chi connectivity index (χ4v) is 3.19. The van der Waals surface area contributed by atoms with Crippen LogP contribution in [0.25, 0.3) is 11.0 Å². The fourth-order valence-electron chi connectivity index (χ4n) is 3.19. The number of benzene rings is 1. The van der Waals surface area contributed by atoms with Crippen LogP contribution in [0.2, 0.25) is 0 Å². The maximum atomic E-state index is 12.8. The van der Waals surface area contributed by atoms with Gasteiger partial charge in [-0.1, -0.05) is 19.4 Å². The first-order valence-electron chi connectivity index (χ1n) is 8.57. The van der Waals surface area contributed by atoms with Crippen LogP contribution in [-0.4, -0.2) is 30.1 Å². The Kier molecular flexibility index (Phi) is 5.27. The van der Waals surface area contributed by atoms with Crippen molar-refractivity contribution in [3.8, 4) is 5.75 Å². The average Bonchev–Trinajstić information content (AvgIpc) is 3.27. The van der Waals surface area contributed by atoms with Crippen molar-refractivity contribution < 1.29 is 23.8 Å². The van der Waals surface area contributed by atoms with Gasteiger partial charge < -0.3 is 25.3 Å². The number of Topliss-reactive ketones (excluding diaryl/α,β-unsaturated/α-hetero) is 1. The van der Waals surface area contributed by atoms with E-state index in [0.717, 1.165) is 25.7 Å². The number of ketones is 1. The van der Waals surface area contributed by atoms with Gasteiger partial charge >= 0.3 is 6.03 Å². The van der Waals surface area contributed by atoms with Crippen LogP contribution in [-0.2, 0) is 0 Å². The first-order chi connectivity index (χ1) is 12.5. The largest absolute Gasteiger partial charge is 0.489 e. The highest BCUT2D eigenvalue weighted by Crippen LogP contribution is 2.37. The van der Waals surface area contributed by atoms with E-state index in [2.05, 4.69) is 11.9 Å². The quantitative estimate of drug-likeness (QED) is 0.519. The van der Waals surface area contributed by atoms with E-state index in [-0.39, 0.29) is 30.7 Å². The van der Waals surface area contributed by atoms with Gasteiger partial charge in [-0.25, -0.2) is 4.79 Å². The van der Waals surface area contributed by atoms with Gasteiger partial charge in [-0.05, 0) is 30.5 Å². The highest BCUT2D eigenvalue weighted by molar-refractivity contribution is 6.11. The lowest BCUT2D eigenvalue weighted by Crippen LogP contribution is -2.21. The van der Waals surface area contributed by atoms with Crippen LogP contribution in [0.3, 0.4) is 0 Å². The number of urea groups is 1. The number of carbonyl (C=O) groups excluding carboxylic acids is 2. The zero-order valence-electron chi connectivity index (χ0n) is 14.4. The second-order valence-corrected chi connectivity index (χ2v) is 6.50. The minimum absolute atomic E-state index is 0.0902. The molecule has 0 unspecified atom stereocenters. The number of anilines is 1. The summed E-state index contributed by atoms with van der Waals surface area (Å²) in [6, 6.07) is 4.27. The molecule has 7 nitrogen and oxygen atoms in total. The second kappa shape index (κ2) is 7.61. The zero-order chi connectivity index (χ0) is 18.7. The summed E-state index contributed by atoms with van der Waals surface area (Å²) in [4.78, 5) is 24.2. The molecule has 7 heteroatoms. The number of rotatable bonds is 7. The molecule has 2 aromatic rings. The van der Waals surface area contributed by atoms with Crippen molar-refractivity contribution >= 4 is 28.5 Å². The Morgan fingerprint density at radius 1 is 1.35 bits per heavy atom. The van der Waals surface area contributed by atoms with E-state index in [9.17, 15) is 9.59 Å². The van der Waals surface area contributed by atoms with Crippen LogP contribution in [0.1, 0.15) is 36.2 Å². The first kappa shape index (κ1) is 18.0. The summed E-state index contributed by atoms with van der Waals surface area (Å²) >= 11 is 0. The molecule has 1 saturated carbocycles. The van der Waals surface area contributed by atoms with Crippen LogP contribution in [0.5, 0.6) is 5.75 Å². The molecule has 0 bridgehead atoms. The van der Waals surface area contributed by atoms with Crippen molar-refractivity contribution in [2.24, 2.45) is 11.7 Å². The minimum atomic E-state index is -0.757. The van der Waals surface area contributed by atoms with E-state index in [4.69, 9.17) is 20.0 Å². The van der Waals surface area contributed by atoms with Crippen LogP contribution in [0, 0.1) is 5.92 Å². The van der Waals surface area contributed by atoms with E-state index in [1.165, 1.54) is 0 Å². The van der Waals surface area contributed by atoms with Gasteiger partial charge in [0.15, 0.2) is 5.76 Å². The van der Waals surface area contributed by atoms with Crippen molar-refractivity contribution in [3.05, 3.63) is 36.1 Å². The van der Waals surface area contributed by atoms with Crippen molar-refractivity contribution in [2.45, 2.75) is 25.7 Å². The average molecular weight is 358 g/mol. The summed E-state index contributed by atoms with van der Waals surface area (Å²) < 4.78 is 11.3. The maximum Gasteiger partial charge on any atom is 0.316 e. The molecule has 0 saturated heterocycles. The lowest BCUT2D eigenvalue weighted by atomic mass is 9.99. The molecule has 1 aromatic carbocycles. The highest BCUT2D eigenvalue weighted by atomic mass is 16.5. The van der Waals surface area contributed by atoms with Gasteiger partial charge in [-0.15, -0.1) is 0 Å². The monoisotopic (exact) mass is 358 g/mol. The summed E-state index contributed by atoms with van der Waals surface area (Å²) in [5, 5.41) is 12.1. The third-order valence-electron chi connectivity index (χ3n) is 4.53. The lowest BCUT2D eigenvalue weighted by molar-refractivity contribution is 0.0898. The van der Waals surface area contributed by atoms with E-state index in [1.807, 2.05) is 0 Å². The number of hydrogen-bond donors (Lipinski definition) is 3. The number of hydrogen-bond acceptors (Lipinski definition) is 5. The minimum Gasteiger partial charge on any atom is -0.489 e. The summed E-state index contributed by atoms with van der Waals surface area (Å²) in [6.07, 6.45) is 3.68. The van der Waals surface area contributed by atoms with Gasteiger partial charge in [0.05, 0.1) is 6.61 Å². The van der Waals surface area contributed by atoms with Gasteiger partial charge in [0.1, 0.15) is 23.6 Å². The summed E-state index contributed by atoms with van der Waals surface area (Å²) in [6.45, 7) is 3.68. The van der Waals surface area contributed by atoms with Gasteiger partial charge in [0.2, 0.25) is 5.78 Å². The zero-order valence-corrected chi connectivity index (χ0v) is 14.4. The summed E-state index contributed by atoms with van der Waals surface area (Å²) in [7, 11) is 0. The lowest BCUT2D eigenvalue weighted by Gasteiger charge is -2.07. The third kappa shape index (κ3) is 3.72. The predicted molar refractivity (Wildman–Crippen MR) is 97.4 cm³/mol. The number of aliphatic hydroxyl groups excluding tert-OH is 1. The first-order valence-corrected chi connectivity index (χ1v) is 8.57. The third-order valence-corrected chi connectivity index (χ3v) is 4.53. The molecule has 1 fully saturated rings. The number of ether oxygens (including phenoxy) is 1. The molecule has 0 radical (unpaired) electrons. The molecule has 0 aliphatic heterocycles. The van der Waals surface area contributed by atoms with E-state index in [1.54, 1.807) is 18.2 Å². The molecule has 138 valence electrons. The number of nitrogens with two attached hydrogens (primary N) is 1. The SMILES string of the molecule is C=C(CO)COc1ccc2c(NC(N)=O)c(C(=O)C3CCCC3)oc2c1. The van der Waals surface area contributed by atoms with Crippen LogP contribution < -0.4 is 15.8 Å². The molecule has 0 atom stereocenters. The van der Waals surface area contributed by atoms with Crippen molar-refractivity contribution in [1.29, 1.82) is 0 Å². The molecular weight excluding hydrogens is 336 g/mol. The Labute approximate surface area is 150 Å². The number of amides is 2. The van der Waals surface area contributed by atoms with Crippen molar-refractivity contribution in [3.63, 3.8) is 0 Å². The van der Waals surface area contributed by atoms with E-state index >= 15 is 0 Å². The van der Waals surface area contributed by atoms with Gasteiger partial charge in [0, 0.05) is 17.4 Å². The Morgan fingerprint density at radius 2 is 2.08 bits per heavy atom. The summed E-state index contributed by atoms with van der Waals surface area (Å²) in [5.74, 6) is 0.431. The number of fused-ring (bicyclic) bond motifs is 1. The molecule has 4 N–H and O–H groups in total. The van der Waals surface area contributed by atoms with Crippen LogP contribution in [0.15, 0.2) is 34.8 Å². The van der Waals surface area contributed by atoms with Crippen molar-refractivity contribution in [2.75, 3.05) is 18.5 Å². The molecule has 1 aliphatic carbocycles. The highest BCUT2D eigenvalue weighted by Gasteiger charge is 2.30. The van der Waals surface area contributed by atoms with Crippen LogP contribution >= 0.6 is 0 Å². The van der Waals surface area contributed by atoms with Gasteiger partial charge in [-0.3, -0.25) is 4.79 Å². The number of primary amides is 1. The van der Waals surface area contributed by atoms with E-state index < -0.39 is 6.03 Å². The summed E-state index contributed by atoms with van der Waals surface area (Å²) in [5.41, 5.74) is 6.52. The predicted octanol–water partition coefficient (Wildman–Crippen LogP) is 3.22. The maximum absolute atomic E-state index is 12.8. The van der Waals surface area contributed by atoms with Crippen molar-refractivity contribution in [1.82, 2.24) is 0 Å². The normalized spacial score (nSPS) is 14.5.